The summed E-state index contributed by atoms with van der Waals surface area (Å²) in [5.74, 6) is -1.09. The lowest BCUT2D eigenvalue weighted by atomic mass is 10.0. The normalized spacial score (nSPS) is 10.1. The highest BCUT2D eigenvalue weighted by Crippen LogP contribution is 2.33. The van der Waals surface area contributed by atoms with E-state index in [1.165, 1.54) is 20.1 Å². The van der Waals surface area contributed by atoms with Gasteiger partial charge in [-0.3, -0.25) is 4.79 Å². The van der Waals surface area contributed by atoms with Gasteiger partial charge in [0.2, 0.25) is 0 Å². The maximum Gasteiger partial charge on any atom is 0.307 e. The molecule has 0 radical (unpaired) electrons. The number of aliphatic carboxylic acids is 1. The number of hydrogen-bond donors (Lipinski definition) is 1. The molecule has 0 heterocycles. The maximum absolute atomic E-state index is 13.3. The van der Waals surface area contributed by atoms with Gasteiger partial charge in [-0.2, -0.15) is 0 Å². The smallest absolute Gasteiger partial charge is 0.307 e. The van der Waals surface area contributed by atoms with Gasteiger partial charge >= 0.3 is 5.97 Å². The molecule has 0 atom stereocenters. The zero-order chi connectivity index (χ0) is 11.6. The first-order valence-corrected chi connectivity index (χ1v) is 5.00. The molecule has 15 heavy (non-hydrogen) atoms. The summed E-state index contributed by atoms with van der Waals surface area (Å²) in [5.41, 5.74) is 0.661. The highest BCUT2D eigenvalue weighted by Gasteiger charge is 2.17. The molecule has 3 nitrogen and oxygen atoms in total. The number of hydrogen-bond acceptors (Lipinski definition) is 2. The van der Waals surface area contributed by atoms with Gasteiger partial charge in [0.25, 0.3) is 0 Å². The van der Waals surface area contributed by atoms with Gasteiger partial charge < -0.3 is 9.84 Å². The molecule has 0 aromatic heterocycles. The van der Waals surface area contributed by atoms with Crippen molar-refractivity contribution in [2.45, 2.75) is 13.3 Å². The van der Waals surface area contributed by atoms with E-state index in [2.05, 4.69) is 15.9 Å². The molecule has 0 spiro atoms. The molecule has 82 valence electrons. The molecule has 1 rings (SSSR count). The van der Waals surface area contributed by atoms with Crippen molar-refractivity contribution in [3.8, 4) is 5.75 Å². The number of carbonyl (C=O) groups is 1. The van der Waals surface area contributed by atoms with Gasteiger partial charge in [-0.15, -0.1) is 0 Å². The molecular formula is C10H10BrFO3. The van der Waals surface area contributed by atoms with Gasteiger partial charge in [0, 0.05) is 5.56 Å². The van der Waals surface area contributed by atoms with Crippen molar-refractivity contribution in [2.75, 3.05) is 7.11 Å². The van der Waals surface area contributed by atoms with Crippen LogP contribution in [0.25, 0.3) is 0 Å². The van der Waals surface area contributed by atoms with Crippen molar-refractivity contribution in [1.82, 2.24) is 0 Å². The Bertz CT molecular complexity index is 404. The molecule has 0 saturated carbocycles. The SMILES string of the molecule is COc1c(Br)cc(F)c(C)c1CC(=O)O. The van der Waals surface area contributed by atoms with E-state index in [9.17, 15) is 9.18 Å². The molecule has 5 heteroatoms. The lowest BCUT2D eigenvalue weighted by molar-refractivity contribution is -0.136. The average Bonchev–Trinajstić information content (AvgIpc) is 2.13. The Morgan fingerprint density at radius 3 is 2.73 bits per heavy atom. The van der Waals surface area contributed by atoms with Crippen molar-refractivity contribution >= 4 is 21.9 Å². The molecule has 1 N–H and O–H groups in total. The third-order valence-corrected chi connectivity index (χ3v) is 2.68. The maximum atomic E-state index is 13.3. The predicted molar refractivity (Wildman–Crippen MR) is 56.7 cm³/mol. The lowest BCUT2D eigenvalue weighted by Gasteiger charge is -2.12. The van der Waals surface area contributed by atoms with Crippen LogP contribution in [0, 0.1) is 12.7 Å². The number of ether oxygens (including phenoxy) is 1. The lowest BCUT2D eigenvalue weighted by Crippen LogP contribution is -2.06. The van der Waals surface area contributed by atoms with Crippen LogP contribution >= 0.6 is 15.9 Å². The van der Waals surface area contributed by atoms with E-state index < -0.39 is 11.8 Å². The Balaban J connectivity index is 3.36. The number of benzene rings is 1. The fraction of sp³-hybridized carbons (Fsp3) is 0.300. The van der Waals surface area contributed by atoms with E-state index in [4.69, 9.17) is 9.84 Å². The predicted octanol–water partition coefficient (Wildman–Crippen LogP) is 2.53. The second kappa shape index (κ2) is 4.61. The standard InChI is InChI=1S/C10H10BrFO3/c1-5-6(3-9(13)14)10(15-2)7(11)4-8(5)12/h4H,3H2,1-2H3,(H,13,14). The first-order chi connectivity index (χ1) is 6.97. The summed E-state index contributed by atoms with van der Waals surface area (Å²) in [6, 6.07) is 1.26. The molecule has 0 unspecified atom stereocenters. The van der Waals surface area contributed by atoms with Crippen LogP contribution in [0.4, 0.5) is 4.39 Å². The number of rotatable bonds is 3. The third-order valence-electron chi connectivity index (χ3n) is 2.09. The fourth-order valence-corrected chi connectivity index (χ4v) is 1.93. The quantitative estimate of drug-likeness (QED) is 0.923. The van der Waals surface area contributed by atoms with Crippen LogP contribution in [-0.4, -0.2) is 18.2 Å². The Hall–Kier alpha value is -1.10. The summed E-state index contributed by atoms with van der Waals surface area (Å²) in [5, 5.41) is 8.70. The van der Waals surface area contributed by atoms with Crippen LogP contribution in [0.2, 0.25) is 0 Å². The van der Waals surface area contributed by atoms with Crippen molar-refractivity contribution in [1.29, 1.82) is 0 Å². The minimum Gasteiger partial charge on any atom is -0.495 e. The van der Waals surface area contributed by atoms with E-state index in [-0.39, 0.29) is 6.42 Å². The molecular weight excluding hydrogens is 267 g/mol. The summed E-state index contributed by atoms with van der Waals surface area (Å²) in [7, 11) is 1.42. The van der Waals surface area contributed by atoms with Crippen LogP contribution in [-0.2, 0) is 11.2 Å². The minimum absolute atomic E-state index is 0.259. The monoisotopic (exact) mass is 276 g/mol. The summed E-state index contributed by atoms with van der Waals surface area (Å²) in [6.45, 7) is 1.53. The summed E-state index contributed by atoms with van der Waals surface area (Å²) >= 11 is 3.12. The van der Waals surface area contributed by atoms with Crippen LogP contribution in [0.3, 0.4) is 0 Å². The third kappa shape index (κ3) is 2.47. The molecule has 0 aliphatic carbocycles. The van der Waals surface area contributed by atoms with Crippen molar-refractivity contribution in [2.24, 2.45) is 0 Å². The van der Waals surface area contributed by atoms with Crippen LogP contribution in [0.15, 0.2) is 10.5 Å². The summed E-state index contributed by atoms with van der Waals surface area (Å²) in [6.07, 6.45) is -0.259. The molecule has 1 aromatic rings. The van der Waals surface area contributed by atoms with Crippen LogP contribution in [0.5, 0.6) is 5.75 Å². The Morgan fingerprint density at radius 2 is 2.27 bits per heavy atom. The average molecular weight is 277 g/mol. The fourth-order valence-electron chi connectivity index (χ4n) is 1.33. The van der Waals surface area contributed by atoms with Gasteiger partial charge in [0.1, 0.15) is 11.6 Å². The van der Waals surface area contributed by atoms with Gasteiger partial charge in [-0.25, -0.2) is 4.39 Å². The van der Waals surface area contributed by atoms with E-state index in [1.807, 2.05) is 0 Å². The van der Waals surface area contributed by atoms with Gasteiger partial charge in [-0.1, -0.05) is 0 Å². The number of carboxylic acids is 1. The molecule has 0 aliphatic rings. The molecule has 1 aromatic carbocycles. The summed E-state index contributed by atoms with van der Waals surface area (Å²) < 4.78 is 18.8. The zero-order valence-electron chi connectivity index (χ0n) is 8.30. The van der Waals surface area contributed by atoms with Crippen LogP contribution < -0.4 is 4.74 Å². The first-order valence-electron chi connectivity index (χ1n) is 4.20. The zero-order valence-corrected chi connectivity index (χ0v) is 9.89. The second-order valence-electron chi connectivity index (χ2n) is 3.05. The van der Waals surface area contributed by atoms with Gasteiger partial charge in [-0.05, 0) is 34.5 Å². The topological polar surface area (TPSA) is 46.5 Å². The Labute approximate surface area is 95.0 Å². The van der Waals surface area contributed by atoms with Gasteiger partial charge in [0.15, 0.2) is 0 Å². The Kier molecular flexibility index (Phi) is 3.68. The molecule has 0 saturated heterocycles. The van der Waals surface area contributed by atoms with Crippen LogP contribution in [0.1, 0.15) is 11.1 Å². The first kappa shape index (κ1) is 12.0. The van der Waals surface area contributed by atoms with E-state index >= 15 is 0 Å². The number of halogens is 2. The van der Waals surface area contributed by atoms with Crippen molar-refractivity contribution in [3.63, 3.8) is 0 Å². The van der Waals surface area contributed by atoms with Gasteiger partial charge in [0.05, 0.1) is 18.0 Å². The van der Waals surface area contributed by atoms with Crippen molar-refractivity contribution in [3.05, 3.63) is 27.5 Å². The molecule has 0 amide bonds. The number of carboxylic acid groups (broad SMARTS) is 1. The summed E-state index contributed by atoms with van der Waals surface area (Å²) in [4.78, 5) is 10.6. The Morgan fingerprint density at radius 1 is 1.67 bits per heavy atom. The highest BCUT2D eigenvalue weighted by molar-refractivity contribution is 9.10. The molecule has 0 aliphatic heterocycles. The van der Waals surface area contributed by atoms with E-state index in [1.54, 1.807) is 0 Å². The van der Waals surface area contributed by atoms with E-state index in [0.717, 1.165) is 0 Å². The largest absolute Gasteiger partial charge is 0.495 e. The number of methoxy groups -OCH3 is 1. The molecule has 0 bridgehead atoms. The second-order valence-corrected chi connectivity index (χ2v) is 3.90. The minimum atomic E-state index is -1.02. The van der Waals surface area contributed by atoms with Crippen molar-refractivity contribution < 1.29 is 19.0 Å². The highest BCUT2D eigenvalue weighted by atomic mass is 79.9. The van der Waals surface area contributed by atoms with E-state index in [0.29, 0.717) is 21.3 Å². The molecule has 0 fully saturated rings.